The summed E-state index contributed by atoms with van der Waals surface area (Å²) in [6.07, 6.45) is 6.59. The van der Waals surface area contributed by atoms with Crippen molar-refractivity contribution in [1.29, 1.82) is 0 Å². The molecule has 0 amide bonds. The van der Waals surface area contributed by atoms with Gasteiger partial charge in [0, 0.05) is 12.6 Å². The second-order valence-electron chi connectivity index (χ2n) is 4.42. The molecule has 0 aliphatic heterocycles. The van der Waals surface area contributed by atoms with Crippen molar-refractivity contribution in [3.8, 4) is 0 Å². The first-order valence-corrected chi connectivity index (χ1v) is 6.55. The predicted octanol–water partition coefficient (Wildman–Crippen LogP) is 3.36. The van der Waals surface area contributed by atoms with Gasteiger partial charge in [0.25, 0.3) is 0 Å². The van der Waals surface area contributed by atoms with Gasteiger partial charge in [-0.2, -0.15) is 0 Å². The standard InChI is InChI=1S/C13H29NO/c1-5-9-13(4)15-11-8-7-10-12(3)14-6-2/h12-14H,5-11H2,1-4H3. The first kappa shape index (κ1) is 14.9. The Morgan fingerprint density at radius 3 is 2.40 bits per heavy atom. The lowest BCUT2D eigenvalue weighted by Crippen LogP contribution is -2.25. The summed E-state index contributed by atoms with van der Waals surface area (Å²) in [6.45, 7) is 10.8. The highest BCUT2D eigenvalue weighted by molar-refractivity contribution is 4.58. The van der Waals surface area contributed by atoms with Crippen molar-refractivity contribution in [3.05, 3.63) is 0 Å². The minimum atomic E-state index is 0.446. The molecule has 1 N–H and O–H groups in total. The maximum atomic E-state index is 5.70. The molecular formula is C13H29NO. The van der Waals surface area contributed by atoms with Gasteiger partial charge in [-0.3, -0.25) is 0 Å². The van der Waals surface area contributed by atoms with Crippen molar-refractivity contribution in [1.82, 2.24) is 5.32 Å². The largest absolute Gasteiger partial charge is 0.379 e. The maximum absolute atomic E-state index is 5.70. The summed E-state index contributed by atoms with van der Waals surface area (Å²) in [7, 11) is 0. The number of nitrogens with one attached hydrogen (secondary N) is 1. The summed E-state index contributed by atoms with van der Waals surface area (Å²) in [4.78, 5) is 0. The third-order valence-corrected chi connectivity index (χ3v) is 2.68. The second kappa shape index (κ2) is 10.4. The zero-order valence-electron chi connectivity index (χ0n) is 11.0. The van der Waals surface area contributed by atoms with Crippen LogP contribution in [-0.4, -0.2) is 25.3 Å². The Bertz CT molecular complexity index is 114. The average molecular weight is 215 g/mol. The SMILES string of the molecule is CCCC(C)OCCCCC(C)NCC. The van der Waals surface area contributed by atoms with Crippen LogP contribution in [0.4, 0.5) is 0 Å². The third kappa shape index (κ3) is 10.2. The lowest BCUT2D eigenvalue weighted by molar-refractivity contribution is 0.0568. The van der Waals surface area contributed by atoms with Gasteiger partial charge in [-0.1, -0.05) is 20.3 Å². The van der Waals surface area contributed by atoms with E-state index in [1.54, 1.807) is 0 Å². The normalized spacial score (nSPS) is 15.2. The summed E-state index contributed by atoms with van der Waals surface area (Å²) in [6, 6.07) is 0.656. The molecule has 0 fully saturated rings. The highest BCUT2D eigenvalue weighted by Gasteiger charge is 2.01. The fraction of sp³-hybridized carbons (Fsp3) is 1.00. The lowest BCUT2D eigenvalue weighted by Gasteiger charge is -2.13. The summed E-state index contributed by atoms with van der Waals surface area (Å²) in [5.41, 5.74) is 0. The first-order valence-electron chi connectivity index (χ1n) is 6.55. The van der Waals surface area contributed by atoms with Crippen LogP contribution in [0.5, 0.6) is 0 Å². The number of unbranched alkanes of at least 4 members (excludes halogenated alkanes) is 1. The fourth-order valence-electron chi connectivity index (χ4n) is 1.78. The third-order valence-electron chi connectivity index (χ3n) is 2.68. The van der Waals surface area contributed by atoms with Gasteiger partial charge in [-0.15, -0.1) is 0 Å². The van der Waals surface area contributed by atoms with E-state index in [0.29, 0.717) is 12.1 Å². The Hall–Kier alpha value is -0.0800. The van der Waals surface area contributed by atoms with Crippen LogP contribution < -0.4 is 5.32 Å². The van der Waals surface area contributed by atoms with E-state index in [1.165, 1.54) is 32.1 Å². The van der Waals surface area contributed by atoms with Crippen LogP contribution in [-0.2, 0) is 4.74 Å². The summed E-state index contributed by atoms with van der Waals surface area (Å²) < 4.78 is 5.70. The van der Waals surface area contributed by atoms with E-state index in [4.69, 9.17) is 4.74 Å². The van der Waals surface area contributed by atoms with Crippen molar-refractivity contribution >= 4 is 0 Å². The number of hydrogen-bond donors (Lipinski definition) is 1. The predicted molar refractivity (Wildman–Crippen MR) is 67.3 cm³/mol. The minimum Gasteiger partial charge on any atom is -0.379 e. The molecule has 0 saturated carbocycles. The van der Waals surface area contributed by atoms with E-state index < -0.39 is 0 Å². The first-order chi connectivity index (χ1) is 7.20. The summed E-state index contributed by atoms with van der Waals surface area (Å²) in [5.74, 6) is 0. The van der Waals surface area contributed by atoms with Crippen molar-refractivity contribution in [2.24, 2.45) is 0 Å². The van der Waals surface area contributed by atoms with Crippen LogP contribution in [0.15, 0.2) is 0 Å². The van der Waals surface area contributed by atoms with Gasteiger partial charge in [0.2, 0.25) is 0 Å². The van der Waals surface area contributed by atoms with Gasteiger partial charge in [0.15, 0.2) is 0 Å². The molecule has 0 heterocycles. The molecule has 2 heteroatoms. The van der Waals surface area contributed by atoms with Gasteiger partial charge in [-0.05, 0) is 46.1 Å². The molecule has 2 unspecified atom stereocenters. The second-order valence-corrected chi connectivity index (χ2v) is 4.42. The van der Waals surface area contributed by atoms with Crippen molar-refractivity contribution in [2.75, 3.05) is 13.2 Å². The molecule has 2 nitrogen and oxygen atoms in total. The van der Waals surface area contributed by atoms with Crippen LogP contribution in [0.1, 0.15) is 59.8 Å². The molecule has 0 rings (SSSR count). The molecule has 92 valence electrons. The van der Waals surface area contributed by atoms with Crippen LogP contribution >= 0.6 is 0 Å². The molecule has 0 saturated heterocycles. The van der Waals surface area contributed by atoms with E-state index in [0.717, 1.165) is 13.2 Å². The molecule has 0 radical (unpaired) electrons. The highest BCUT2D eigenvalue weighted by atomic mass is 16.5. The Morgan fingerprint density at radius 1 is 1.07 bits per heavy atom. The van der Waals surface area contributed by atoms with E-state index in [-0.39, 0.29) is 0 Å². The van der Waals surface area contributed by atoms with E-state index in [9.17, 15) is 0 Å². The van der Waals surface area contributed by atoms with E-state index in [2.05, 4.69) is 33.0 Å². The van der Waals surface area contributed by atoms with Gasteiger partial charge < -0.3 is 10.1 Å². The van der Waals surface area contributed by atoms with Crippen LogP contribution in [0, 0.1) is 0 Å². The highest BCUT2D eigenvalue weighted by Crippen LogP contribution is 2.04. The Balaban J connectivity index is 3.17. The van der Waals surface area contributed by atoms with E-state index >= 15 is 0 Å². The maximum Gasteiger partial charge on any atom is 0.0546 e. The summed E-state index contributed by atoms with van der Waals surface area (Å²) >= 11 is 0. The van der Waals surface area contributed by atoms with Gasteiger partial charge in [0.1, 0.15) is 0 Å². The quantitative estimate of drug-likeness (QED) is 0.564. The number of rotatable bonds is 10. The van der Waals surface area contributed by atoms with Crippen LogP contribution in [0.2, 0.25) is 0 Å². The smallest absolute Gasteiger partial charge is 0.0546 e. The molecule has 0 aromatic rings. The molecule has 0 aromatic carbocycles. The van der Waals surface area contributed by atoms with Gasteiger partial charge >= 0.3 is 0 Å². The summed E-state index contributed by atoms with van der Waals surface area (Å²) in [5, 5.41) is 3.42. The zero-order valence-corrected chi connectivity index (χ0v) is 11.0. The Labute approximate surface area is 95.8 Å². The molecule has 15 heavy (non-hydrogen) atoms. The topological polar surface area (TPSA) is 21.3 Å². The molecule has 0 aromatic heterocycles. The Morgan fingerprint density at radius 2 is 1.80 bits per heavy atom. The molecule has 0 bridgehead atoms. The average Bonchev–Trinajstić information content (AvgIpc) is 2.18. The molecule has 0 spiro atoms. The van der Waals surface area contributed by atoms with Crippen molar-refractivity contribution in [2.45, 2.75) is 71.9 Å². The monoisotopic (exact) mass is 215 g/mol. The number of ether oxygens (including phenoxy) is 1. The van der Waals surface area contributed by atoms with Crippen molar-refractivity contribution in [3.63, 3.8) is 0 Å². The van der Waals surface area contributed by atoms with Crippen molar-refractivity contribution < 1.29 is 4.74 Å². The molecule has 0 aliphatic carbocycles. The fourth-order valence-corrected chi connectivity index (χ4v) is 1.78. The van der Waals surface area contributed by atoms with Crippen LogP contribution in [0.3, 0.4) is 0 Å². The van der Waals surface area contributed by atoms with Gasteiger partial charge in [0.05, 0.1) is 6.10 Å². The molecule has 0 aliphatic rings. The Kier molecular flexibility index (Phi) is 10.4. The van der Waals surface area contributed by atoms with Gasteiger partial charge in [-0.25, -0.2) is 0 Å². The number of hydrogen-bond acceptors (Lipinski definition) is 2. The molecule has 2 atom stereocenters. The zero-order chi connectivity index (χ0) is 11.5. The molecular weight excluding hydrogens is 186 g/mol. The lowest BCUT2D eigenvalue weighted by atomic mass is 10.1. The van der Waals surface area contributed by atoms with Crippen LogP contribution in [0.25, 0.3) is 0 Å². The van der Waals surface area contributed by atoms with E-state index in [1.807, 2.05) is 0 Å². The minimum absolute atomic E-state index is 0.446.